The van der Waals surface area contributed by atoms with Gasteiger partial charge in [-0.25, -0.2) is 4.79 Å². The van der Waals surface area contributed by atoms with Gasteiger partial charge < -0.3 is 9.52 Å². The summed E-state index contributed by atoms with van der Waals surface area (Å²) in [5.41, 5.74) is 0.185. The Bertz CT molecular complexity index is 180. The van der Waals surface area contributed by atoms with Crippen molar-refractivity contribution in [1.29, 1.82) is 0 Å². The number of carboxylic acid groups (broad SMARTS) is 1. The highest BCUT2D eigenvalue weighted by Crippen LogP contribution is 1.97. The monoisotopic (exact) mass is 148 g/mol. The van der Waals surface area contributed by atoms with E-state index in [1.807, 2.05) is 0 Å². The minimum absolute atomic E-state index is 0. The molecule has 0 atom stereocenters. The lowest BCUT2D eigenvalue weighted by Crippen LogP contribution is -1.90. The summed E-state index contributed by atoms with van der Waals surface area (Å²) in [7, 11) is 0. The first-order valence-corrected chi connectivity index (χ1v) is 2.06. The Morgan fingerprint density at radius 3 is 2.56 bits per heavy atom. The smallest absolute Gasteiger partial charge is 0.338 e. The number of carbonyl (C=O) groups is 1. The molecule has 0 bridgehead atoms. The van der Waals surface area contributed by atoms with Gasteiger partial charge in [0.15, 0.2) is 0 Å². The third kappa shape index (κ3) is 1.77. The van der Waals surface area contributed by atoms with Crippen LogP contribution in [-0.4, -0.2) is 11.1 Å². The van der Waals surface area contributed by atoms with Gasteiger partial charge in [0.2, 0.25) is 0 Å². The van der Waals surface area contributed by atoms with E-state index in [4.69, 9.17) is 5.11 Å². The molecule has 0 unspecified atom stereocenters. The van der Waals surface area contributed by atoms with Gasteiger partial charge in [0.1, 0.15) is 6.26 Å². The van der Waals surface area contributed by atoms with Crippen LogP contribution in [0.1, 0.15) is 10.4 Å². The van der Waals surface area contributed by atoms with Crippen LogP contribution in [0.15, 0.2) is 23.0 Å². The fourth-order valence-electron chi connectivity index (χ4n) is 0.386. The van der Waals surface area contributed by atoms with Gasteiger partial charge in [0.05, 0.1) is 11.8 Å². The first-order chi connectivity index (χ1) is 3.80. The molecule has 0 aliphatic rings. The molecular formula is C5H5ClO3. The van der Waals surface area contributed by atoms with E-state index in [2.05, 4.69) is 4.42 Å². The first kappa shape index (κ1) is 8.04. The van der Waals surface area contributed by atoms with Gasteiger partial charge in [0.25, 0.3) is 0 Å². The molecule has 0 aliphatic heterocycles. The minimum Gasteiger partial charge on any atom is -0.478 e. The molecule has 0 radical (unpaired) electrons. The quantitative estimate of drug-likeness (QED) is 0.655. The average molecular weight is 149 g/mol. The Kier molecular flexibility index (Phi) is 2.81. The van der Waals surface area contributed by atoms with Crippen molar-refractivity contribution in [2.24, 2.45) is 0 Å². The van der Waals surface area contributed by atoms with E-state index in [0.29, 0.717) is 0 Å². The third-order valence-corrected chi connectivity index (χ3v) is 0.768. The normalized spacial score (nSPS) is 8.00. The summed E-state index contributed by atoms with van der Waals surface area (Å²) < 4.78 is 4.49. The number of hydrogen-bond acceptors (Lipinski definition) is 2. The SMILES string of the molecule is Cl.O=C(O)c1ccoc1. The van der Waals surface area contributed by atoms with Crippen molar-refractivity contribution in [2.75, 3.05) is 0 Å². The van der Waals surface area contributed by atoms with Gasteiger partial charge in [0, 0.05) is 0 Å². The second-order valence-corrected chi connectivity index (χ2v) is 1.32. The topological polar surface area (TPSA) is 50.4 Å². The van der Waals surface area contributed by atoms with Gasteiger partial charge in [-0.3, -0.25) is 0 Å². The molecule has 1 aromatic rings. The summed E-state index contributed by atoms with van der Waals surface area (Å²) in [5, 5.41) is 8.21. The first-order valence-electron chi connectivity index (χ1n) is 2.06. The van der Waals surface area contributed by atoms with Crippen molar-refractivity contribution >= 4 is 18.4 Å². The van der Waals surface area contributed by atoms with Gasteiger partial charge in [-0.2, -0.15) is 0 Å². The second kappa shape index (κ2) is 3.14. The number of furan rings is 1. The van der Waals surface area contributed by atoms with Crippen molar-refractivity contribution in [3.63, 3.8) is 0 Å². The molecule has 1 rings (SSSR count). The summed E-state index contributed by atoms with van der Waals surface area (Å²) >= 11 is 0. The molecule has 4 heteroatoms. The molecule has 50 valence electrons. The molecule has 0 aliphatic carbocycles. The van der Waals surface area contributed by atoms with E-state index in [1.54, 1.807) is 0 Å². The lowest BCUT2D eigenvalue weighted by atomic mass is 10.4. The van der Waals surface area contributed by atoms with E-state index in [1.165, 1.54) is 18.6 Å². The molecular weight excluding hydrogens is 144 g/mol. The number of rotatable bonds is 1. The Balaban J connectivity index is 0.000000640. The highest BCUT2D eigenvalue weighted by molar-refractivity contribution is 5.86. The van der Waals surface area contributed by atoms with Crippen molar-refractivity contribution in [1.82, 2.24) is 0 Å². The maximum atomic E-state index is 10.0. The fraction of sp³-hybridized carbons (Fsp3) is 0. The van der Waals surface area contributed by atoms with Gasteiger partial charge in [-0.05, 0) is 6.07 Å². The molecule has 1 N–H and O–H groups in total. The van der Waals surface area contributed by atoms with E-state index in [0.717, 1.165) is 0 Å². The van der Waals surface area contributed by atoms with Gasteiger partial charge in [-0.15, -0.1) is 12.4 Å². The number of halogens is 1. The highest BCUT2D eigenvalue weighted by atomic mass is 35.5. The number of aromatic carboxylic acids is 1. The van der Waals surface area contributed by atoms with Crippen LogP contribution in [0.3, 0.4) is 0 Å². The van der Waals surface area contributed by atoms with Crippen molar-refractivity contribution in [3.05, 3.63) is 24.2 Å². The van der Waals surface area contributed by atoms with Crippen LogP contribution in [0.2, 0.25) is 0 Å². The summed E-state index contributed by atoms with van der Waals surface area (Å²) in [6.07, 6.45) is 2.51. The molecule has 0 amide bonds. The van der Waals surface area contributed by atoms with Crippen molar-refractivity contribution in [2.45, 2.75) is 0 Å². The van der Waals surface area contributed by atoms with Crippen LogP contribution in [0.5, 0.6) is 0 Å². The molecule has 0 aromatic carbocycles. The Morgan fingerprint density at radius 1 is 1.67 bits per heavy atom. The summed E-state index contributed by atoms with van der Waals surface area (Å²) in [6.45, 7) is 0. The number of hydrogen-bond donors (Lipinski definition) is 1. The lowest BCUT2D eigenvalue weighted by Gasteiger charge is -1.77. The zero-order valence-corrected chi connectivity index (χ0v) is 5.22. The standard InChI is InChI=1S/C5H4O3.ClH/c6-5(7)4-1-2-8-3-4;/h1-3H,(H,6,7);1H. The van der Waals surface area contributed by atoms with Crippen LogP contribution < -0.4 is 0 Å². The fourth-order valence-corrected chi connectivity index (χ4v) is 0.386. The number of carboxylic acids is 1. The third-order valence-electron chi connectivity index (χ3n) is 0.768. The lowest BCUT2D eigenvalue weighted by molar-refractivity contribution is 0.0696. The summed E-state index contributed by atoms with van der Waals surface area (Å²) in [6, 6.07) is 1.39. The molecule has 1 heterocycles. The average Bonchev–Trinajstić information content (AvgIpc) is 2.12. The van der Waals surface area contributed by atoms with E-state index < -0.39 is 5.97 Å². The van der Waals surface area contributed by atoms with E-state index in [9.17, 15) is 4.79 Å². The van der Waals surface area contributed by atoms with Crippen molar-refractivity contribution < 1.29 is 14.3 Å². The van der Waals surface area contributed by atoms with E-state index in [-0.39, 0.29) is 18.0 Å². The molecule has 1 aromatic heterocycles. The minimum atomic E-state index is -0.959. The maximum Gasteiger partial charge on any atom is 0.338 e. The van der Waals surface area contributed by atoms with Crippen molar-refractivity contribution in [3.8, 4) is 0 Å². The van der Waals surface area contributed by atoms with Crippen LogP contribution >= 0.6 is 12.4 Å². The van der Waals surface area contributed by atoms with Crippen LogP contribution in [0, 0.1) is 0 Å². The summed E-state index contributed by atoms with van der Waals surface area (Å²) in [4.78, 5) is 10.0. The summed E-state index contributed by atoms with van der Waals surface area (Å²) in [5.74, 6) is -0.959. The molecule has 0 spiro atoms. The van der Waals surface area contributed by atoms with Crippen LogP contribution in [-0.2, 0) is 0 Å². The molecule has 3 nitrogen and oxygen atoms in total. The van der Waals surface area contributed by atoms with Crippen LogP contribution in [0.4, 0.5) is 0 Å². The maximum absolute atomic E-state index is 10.0. The zero-order chi connectivity index (χ0) is 5.98. The Hall–Kier alpha value is -0.960. The highest BCUT2D eigenvalue weighted by Gasteiger charge is 2.00. The molecule has 0 fully saturated rings. The molecule has 9 heavy (non-hydrogen) atoms. The predicted molar refractivity (Wildman–Crippen MR) is 32.9 cm³/mol. The van der Waals surface area contributed by atoms with Crippen LogP contribution in [0.25, 0.3) is 0 Å². The molecule has 0 saturated heterocycles. The Labute approximate surface area is 57.7 Å². The second-order valence-electron chi connectivity index (χ2n) is 1.32. The zero-order valence-electron chi connectivity index (χ0n) is 4.40. The Morgan fingerprint density at radius 2 is 2.33 bits per heavy atom. The largest absolute Gasteiger partial charge is 0.478 e. The van der Waals surface area contributed by atoms with Gasteiger partial charge in [-0.1, -0.05) is 0 Å². The van der Waals surface area contributed by atoms with Gasteiger partial charge >= 0.3 is 5.97 Å². The van der Waals surface area contributed by atoms with E-state index >= 15 is 0 Å². The predicted octanol–water partition coefficient (Wildman–Crippen LogP) is 1.40. The molecule has 0 saturated carbocycles.